The van der Waals surface area contributed by atoms with Crippen LogP contribution in [0.5, 0.6) is 11.6 Å². The van der Waals surface area contributed by atoms with Gasteiger partial charge < -0.3 is 21.4 Å². The first-order valence-electron chi connectivity index (χ1n) is 8.66. The Kier molecular flexibility index (Phi) is 6.00. The molecule has 0 radical (unpaired) electrons. The van der Waals surface area contributed by atoms with Crippen molar-refractivity contribution >= 4 is 17.3 Å². The molecule has 28 heavy (non-hydrogen) atoms. The first-order valence-corrected chi connectivity index (χ1v) is 9.47. The third-order valence-electron chi connectivity index (χ3n) is 4.42. The molecule has 9 nitrogen and oxygen atoms in total. The molecule has 0 spiro atoms. The van der Waals surface area contributed by atoms with Crippen LogP contribution in [0.2, 0.25) is 0 Å². The highest BCUT2D eigenvalue weighted by molar-refractivity contribution is 7.11. The van der Waals surface area contributed by atoms with Crippen molar-refractivity contribution in [2.75, 3.05) is 19.5 Å². The molecule has 3 heterocycles. The van der Waals surface area contributed by atoms with Crippen LogP contribution in [0.3, 0.4) is 0 Å². The predicted molar refractivity (Wildman–Crippen MR) is 106 cm³/mol. The van der Waals surface area contributed by atoms with Gasteiger partial charge in [0, 0.05) is 30.0 Å². The summed E-state index contributed by atoms with van der Waals surface area (Å²) in [6.45, 7) is 2.50. The lowest BCUT2D eigenvalue weighted by atomic mass is 10.2. The summed E-state index contributed by atoms with van der Waals surface area (Å²) in [7, 11) is 1.64. The van der Waals surface area contributed by atoms with Crippen LogP contribution in [-0.4, -0.2) is 38.9 Å². The molecule has 0 amide bonds. The summed E-state index contributed by atoms with van der Waals surface area (Å²) in [5.74, 6) is 2.30. The van der Waals surface area contributed by atoms with E-state index in [1.54, 1.807) is 24.6 Å². The van der Waals surface area contributed by atoms with Gasteiger partial charge in [-0.3, -0.25) is 4.98 Å². The highest BCUT2D eigenvalue weighted by Crippen LogP contribution is 2.46. The van der Waals surface area contributed by atoms with E-state index in [-0.39, 0.29) is 12.1 Å². The summed E-state index contributed by atoms with van der Waals surface area (Å²) in [6.07, 6.45) is 3.37. The first kappa shape index (κ1) is 19.9. The van der Waals surface area contributed by atoms with Crippen LogP contribution in [0.1, 0.15) is 33.7 Å². The molecule has 1 aliphatic carbocycles. The molecule has 5 N–H and O–H groups in total. The van der Waals surface area contributed by atoms with Crippen LogP contribution >= 0.6 is 11.3 Å². The average molecular weight is 401 g/mol. The van der Waals surface area contributed by atoms with Gasteiger partial charge in [0.15, 0.2) is 0 Å². The number of pyridine rings is 1. The lowest BCUT2D eigenvalue weighted by Gasteiger charge is -2.07. The Bertz CT molecular complexity index is 932. The van der Waals surface area contributed by atoms with Crippen LogP contribution in [0.25, 0.3) is 0 Å². The summed E-state index contributed by atoms with van der Waals surface area (Å²) in [4.78, 5) is 12.9. The third-order valence-corrected chi connectivity index (χ3v) is 5.25. The number of anilines is 1. The number of methoxy groups -OCH3 is 1. The van der Waals surface area contributed by atoms with Crippen molar-refractivity contribution in [3.05, 3.63) is 45.8 Å². The monoisotopic (exact) mass is 401 g/mol. The molecule has 2 unspecified atom stereocenters. The molecule has 2 atom stereocenters. The van der Waals surface area contributed by atoms with E-state index in [1.807, 2.05) is 25.1 Å². The SMILES string of the molecule is COc1ccc(C2CC2COc2cc(Cc3nnc(C)s3)nc(N)n2)nc1.N. The van der Waals surface area contributed by atoms with Crippen molar-refractivity contribution in [2.24, 2.45) is 5.92 Å². The Balaban J connectivity index is 0.00000225. The molecule has 0 aliphatic heterocycles. The zero-order valence-electron chi connectivity index (χ0n) is 15.8. The quantitative estimate of drug-likeness (QED) is 0.610. The number of hydrogen-bond donors (Lipinski definition) is 2. The molecular weight excluding hydrogens is 378 g/mol. The fraction of sp³-hybridized carbons (Fsp3) is 0.389. The Hall–Kier alpha value is -2.85. The highest BCUT2D eigenvalue weighted by atomic mass is 32.1. The second-order valence-corrected chi connectivity index (χ2v) is 7.75. The Morgan fingerprint density at radius 2 is 2.11 bits per heavy atom. The normalized spacial score (nSPS) is 17.6. The van der Waals surface area contributed by atoms with Gasteiger partial charge in [-0.25, -0.2) is 4.98 Å². The minimum Gasteiger partial charge on any atom is -0.495 e. The van der Waals surface area contributed by atoms with Crippen LogP contribution in [0.15, 0.2) is 24.4 Å². The summed E-state index contributed by atoms with van der Waals surface area (Å²) in [5.41, 5.74) is 7.67. The number of nitrogen functional groups attached to an aromatic ring is 1. The van der Waals surface area contributed by atoms with Crippen molar-refractivity contribution in [2.45, 2.75) is 25.7 Å². The van der Waals surface area contributed by atoms with E-state index in [0.717, 1.165) is 33.6 Å². The molecule has 0 saturated heterocycles. The van der Waals surface area contributed by atoms with Gasteiger partial charge in [-0.1, -0.05) is 0 Å². The van der Waals surface area contributed by atoms with Crippen LogP contribution in [0.4, 0.5) is 5.95 Å². The maximum Gasteiger partial charge on any atom is 0.223 e. The highest BCUT2D eigenvalue weighted by Gasteiger charge is 2.40. The van der Waals surface area contributed by atoms with Gasteiger partial charge >= 0.3 is 0 Å². The van der Waals surface area contributed by atoms with E-state index in [2.05, 4.69) is 25.1 Å². The predicted octanol–water partition coefficient (Wildman–Crippen LogP) is 2.56. The van der Waals surface area contributed by atoms with Gasteiger partial charge in [-0.15, -0.1) is 21.5 Å². The Morgan fingerprint density at radius 3 is 2.79 bits per heavy atom. The van der Waals surface area contributed by atoms with E-state index >= 15 is 0 Å². The fourth-order valence-electron chi connectivity index (χ4n) is 2.94. The van der Waals surface area contributed by atoms with Gasteiger partial charge in [0.1, 0.15) is 15.8 Å². The van der Waals surface area contributed by atoms with E-state index in [0.29, 0.717) is 30.7 Å². The van der Waals surface area contributed by atoms with Gasteiger partial charge in [-0.05, 0) is 25.5 Å². The Morgan fingerprint density at radius 1 is 1.25 bits per heavy atom. The van der Waals surface area contributed by atoms with Crippen molar-refractivity contribution in [3.8, 4) is 11.6 Å². The largest absolute Gasteiger partial charge is 0.495 e. The maximum atomic E-state index is 5.87. The molecule has 1 aliphatic rings. The number of ether oxygens (including phenoxy) is 2. The number of nitrogens with zero attached hydrogens (tertiary/aromatic N) is 5. The summed E-state index contributed by atoms with van der Waals surface area (Å²) in [5, 5.41) is 9.96. The minimum atomic E-state index is 0. The summed E-state index contributed by atoms with van der Waals surface area (Å²) in [6, 6.07) is 5.76. The smallest absolute Gasteiger partial charge is 0.223 e. The molecule has 0 aromatic carbocycles. The second kappa shape index (κ2) is 8.44. The fourth-order valence-corrected chi connectivity index (χ4v) is 3.66. The number of nitrogens with two attached hydrogens (primary N) is 1. The Labute approximate surface area is 167 Å². The zero-order valence-corrected chi connectivity index (χ0v) is 16.6. The van der Waals surface area contributed by atoms with Crippen LogP contribution in [0, 0.1) is 12.8 Å². The van der Waals surface area contributed by atoms with E-state index in [9.17, 15) is 0 Å². The summed E-state index contributed by atoms with van der Waals surface area (Å²) >= 11 is 1.54. The zero-order chi connectivity index (χ0) is 18.8. The third kappa shape index (κ3) is 4.70. The molecule has 10 heteroatoms. The number of aromatic nitrogens is 5. The van der Waals surface area contributed by atoms with Crippen LogP contribution in [-0.2, 0) is 6.42 Å². The molecule has 4 rings (SSSR count). The molecule has 1 fully saturated rings. The number of hydrogen-bond acceptors (Lipinski definition) is 10. The molecule has 3 aromatic rings. The molecule has 0 bridgehead atoms. The van der Waals surface area contributed by atoms with Crippen LogP contribution < -0.4 is 21.4 Å². The van der Waals surface area contributed by atoms with Crippen molar-refractivity contribution < 1.29 is 9.47 Å². The van der Waals surface area contributed by atoms with E-state index in [1.165, 1.54) is 0 Å². The molecular formula is C18H23N7O2S. The van der Waals surface area contributed by atoms with Gasteiger partial charge in [0.2, 0.25) is 11.8 Å². The standard InChI is InChI=1S/C18H20N6O2S.H3N/c1-10-23-24-17(27-10)7-12-6-16(22-18(19)21-12)26-9-11-5-14(11)15-4-3-13(25-2)8-20-15;/h3-4,6,8,11,14H,5,7,9H2,1-2H3,(H2,19,21,22);1H3. The summed E-state index contributed by atoms with van der Waals surface area (Å²) < 4.78 is 11.0. The molecule has 148 valence electrons. The van der Waals surface area contributed by atoms with E-state index in [4.69, 9.17) is 15.2 Å². The molecule has 1 saturated carbocycles. The van der Waals surface area contributed by atoms with Gasteiger partial charge in [0.25, 0.3) is 0 Å². The minimum absolute atomic E-state index is 0. The average Bonchev–Trinajstić information content (AvgIpc) is 3.33. The lowest BCUT2D eigenvalue weighted by molar-refractivity contribution is 0.285. The number of rotatable bonds is 7. The second-order valence-electron chi connectivity index (χ2n) is 6.48. The maximum absolute atomic E-state index is 5.87. The van der Waals surface area contributed by atoms with E-state index < -0.39 is 0 Å². The lowest BCUT2D eigenvalue weighted by Crippen LogP contribution is -2.07. The topological polar surface area (TPSA) is 144 Å². The van der Waals surface area contributed by atoms with Crippen molar-refractivity contribution in [1.82, 2.24) is 31.3 Å². The first-order chi connectivity index (χ1) is 13.1. The van der Waals surface area contributed by atoms with Crippen molar-refractivity contribution in [3.63, 3.8) is 0 Å². The number of aryl methyl sites for hydroxylation is 1. The molecule has 3 aromatic heterocycles. The van der Waals surface area contributed by atoms with Gasteiger partial charge in [-0.2, -0.15) is 4.98 Å². The van der Waals surface area contributed by atoms with Crippen molar-refractivity contribution in [1.29, 1.82) is 0 Å². The van der Waals surface area contributed by atoms with Gasteiger partial charge in [0.05, 0.1) is 25.6 Å².